The smallest absolute Gasteiger partial charge is 0.271 e. The van der Waals surface area contributed by atoms with Crippen LogP contribution in [0, 0.1) is 0 Å². The Morgan fingerprint density at radius 2 is 1.59 bits per heavy atom. The molecule has 7 nitrogen and oxygen atoms in total. The van der Waals surface area contributed by atoms with Gasteiger partial charge in [0.2, 0.25) is 0 Å². The molecule has 1 aliphatic rings. The summed E-state index contributed by atoms with van der Waals surface area (Å²) in [6.07, 6.45) is 4.08. The zero-order valence-corrected chi connectivity index (χ0v) is 27.8. The SMILES string of the molecule is COc1ccc(C2C(C(=O)Nc3ccccc3)=C(C)N=c3s/c(=C/c4cn(Cc5cccc6ccccc56)c5ccccc45)c(=O)n32)cc1. The molecule has 3 heterocycles. The highest BCUT2D eigenvalue weighted by molar-refractivity contribution is 7.07. The van der Waals surface area contributed by atoms with E-state index < -0.39 is 6.04 Å². The van der Waals surface area contributed by atoms with Crippen molar-refractivity contribution in [3.63, 3.8) is 0 Å². The average molecular weight is 661 g/mol. The van der Waals surface area contributed by atoms with Crippen LogP contribution in [0.4, 0.5) is 5.69 Å². The second kappa shape index (κ2) is 12.6. The van der Waals surface area contributed by atoms with Gasteiger partial charge in [-0.15, -0.1) is 0 Å². The van der Waals surface area contributed by atoms with Gasteiger partial charge in [-0.3, -0.25) is 14.2 Å². The van der Waals surface area contributed by atoms with Crippen molar-refractivity contribution < 1.29 is 9.53 Å². The lowest BCUT2D eigenvalue weighted by Crippen LogP contribution is -2.40. The maximum absolute atomic E-state index is 14.4. The van der Waals surface area contributed by atoms with Crippen LogP contribution in [0.5, 0.6) is 5.75 Å². The van der Waals surface area contributed by atoms with Crippen molar-refractivity contribution in [3.05, 3.63) is 175 Å². The fourth-order valence-electron chi connectivity index (χ4n) is 6.71. The van der Waals surface area contributed by atoms with Crippen LogP contribution in [0.2, 0.25) is 0 Å². The van der Waals surface area contributed by atoms with E-state index in [4.69, 9.17) is 9.73 Å². The van der Waals surface area contributed by atoms with E-state index in [1.165, 1.54) is 27.7 Å². The highest BCUT2D eigenvalue weighted by Crippen LogP contribution is 2.32. The topological polar surface area (TPSA) is 77.6 Å². The second-order valence-corrected chi connectivity index (χ2v) is 13.1. The van der Waals surface area contributed by atoms with Crippen LogP contribution in [-0.4, -0.2) is 22.2 Å². The lowest BCUT2D eigenvalue weighted by molar-refractivity contribution is -0.113. The van der Waals surface area contributed by atoms with E-state index in [9.17, 15) is 9.59 Å². The first-order valence-corrected chi connectivity index (χ1v) is 16.9. The molecule has 8 rings (SSSR count). The Hall–Kier alpha value is -5.99. The number of benzene rings is 5. The number of carbonyl (C=O) groups excluding carboxylic acids is 1. The summed E-state index contributed by atoms with van der Waals surface area (Å²) in [7, 11) is 1.61. The summed E-state index contributed by atoms with van der Waals surface area (Å²) in [6.45, 7) is 2.52. The Labute approximate surface area is 286 Å². The molecule has 1 aliphatic heterocycles. The van der Waals surface area contributed by atoms with Crippen molar-refractivity contribution in [2.45, 2.75) is 19.5 Å². The Kier molecular flexibility index (Phi) is 7.78. The highest BCUT2D eigenvalue weighted by atomic mass is 32.1. The summed E-state index contributed by atoms with van der Waals surface area (Å²) in [5.74, 6) is 0.381. The van der Waals surface area contributed by atoms with Crippen molar-refractivity contribution in [2.24, 2.45) is 4.99 Å². The Balaban J connectivity index is 1.25. The molecule has 240 valence electrons. The van der Waals surface area contributed by atoms with Gasteiger partial charge in [0.15, 0.2) is 4.80 Å². The minimum absolute atomic E-state index is 0.201. The molecule has 0 bridgehead atoms. The molecule has 0 radical (unpaired) electrons. The summed E-state index contributed by atoms with van der Waals surface area (Å²) in [5.41, 5.74) is 5.48. The van der Waals surface area contributed by atoms with Gasteiger partial charge in [-0.1, -0.05) is 102 Å². The van der Waals surface area contributed by atoms with E-state index in [0.29, 0.717) is 38.6 Å². The number of fused-ring (bicyclic) bond motifs is 3. The summed E-state index contributed by atoms with van der Waals surface area (Å²) in [4.78, 5) is 33.7. The molecule has 1 amide bonds. The first-order valence-electron chi connectivity index (χ1n) is 16.1. The molecule has 1 atom stereocenters. The highest BCUT2D eigenvalue weighted by Gasteiger charge is 2.32. The van der Waals surface area contributed by atoms with Crippen molar-refractivity contribution in [2.75, 3.05) is 12.4 Å². The predicted molar refractivity (Wildman–Crippen MR) is 197 cm³/mol. The number of methoxy groups -OCH3 is 1. The van der Waals surface area contributed by atoms with E-state index in [1.807, 2.05) is 79.7 Å². The summed E-state index contributed by atoms with van der Waals surface area (Å²) in [6, 6.07) is 39.2. The normalized spacial score (nSPS) is 14.6. The van der Waals surface area contributed by atoms with Crippen LogP contribution >= 0.6 is 11.3 Å². The third-order valence-corrected chi connectivity index (χ3v) is 10.0. The Morgan fingerprint density at radius 1 is 0.878 bits per heavy atom. The van der Waals surface area contributed by atoms with Gasteiger partial charge >= 0.3 is 0 Å². The van der Waals surface area contributed by atoms with Gasteiger partial charge in [-0.25, -0.2) is 4.99 Å². The van der Waals surface area contributed by atoms with E-state index in [0.717, 1.165) is 22.0 Å². The number of amides is 1. The van der Waals surface area contributed by atoms with Gasteiger partial charge in [0.05, 0.1) is 29.0 Å². The fraction of sp³-hybridized carbons (Fsp3) is 0.0976. The third-order valence-electron chi connectivity index (χ3n) is 9.06. The number of hydrogen-bond acceptors (Lipinski definition) is 5. The molecule has 0 aliphatic carbocycles. The van der Waals surface area contributed by atoms with Gasteiger partial charge in [0.25, 0.3) is 11.5 Å². The van der Waals surface area contributed by atoms with Gasteiger partial charge in [-0.05, 0) is 65.2 Å². The standard InChI is InChI=1S/C41H32N4O3S/c1-26-37(39(46)43-31-14-4-3-5-15-31)38(28-19-21-32(48-2)22-20-28)45-40(47)36(49-41(45)42-26)23-30-25-44(35-18-9-8-17-34(30)35)24-29-13-10-12-27-11-6-7-16-33(27)29/h3-23,25,38H,24H2,1-2H3,(H,43,46)/b36-23+. The molecule has 1 N–H and O–H groups in total. The molecule has 7 aromatic rings. The van der Waals surface area contributed by atoms with Crippen molar-refractivity contribution >= 4 is 50.7 Å². The molecular formula is C41H32N4O3S. The first kappa shape index (κ1) is 30.4. The molecule has 0 saturated heterocycles. The van der Waals surface area contributed by atoms with Crippen LogP contribution in [0.15, 0.2) is 149 Å². The third kappa shape index (κ3) is 5.56. The number of thiazole rings is 1. The molecule has 49 heavy (non-hydrogen) atoms. The average Bonchev–Trinajstić information content (AvgIpc) is 3.63. The second-order valence-electron chi connectivity index (χ2n) is 12.0. The first-order chi connectivity index (χ1) is 24.0. The van der Waals surface area contributed by atoms with Gasteiger partial charge in [0, 0.05) is 34.9 Å². The Bertz CT molecular complexity index is 2590. The van der Waals surface area contributed by atoms with E-state index in [-0.39, 0.29) is 11.5 Å². The predicted octanol–water partition coefficient (Wildman–Crippen LogP) is 7.04. The summed E-state index contributed by atoms with van der Waals surface area (Å²) < 4.78 is 9.85. The van der Waals surface area contributed by atoms with E-state index in [2.05, 4.69) is 70.7 Å². The van der Waals surface area contributed by atoms with E-state index >= 15 is 0 Å². The number of ether oxygens (including phenoxy) is 1. The number of nitrogens with zero attached hydrogens (tertiary/aromatic N) is 3. The van der Waals surface area contributed by atoms with Crippen molar-refractivity contribution in [3.8, 4) is 5.75 Å². The van der Waals surface area contributed by atoms with Crippen LogP contribution in [0.3, 0.4) is 0 Å². The molecule has 5 aromatic carbocycles. The monoisotopic (exact) mass is 660 g/mol. The van der Waals surface area contributed by atoms with Gasteiger partial charge in [0.1, 0.15) is 5.75 Å². The fourth-order valence-corrected chi connectivity index (χ4v) is 7.75. The van der Waals surface area contributed by atoms with Gasteiger partial charge in [-0.2, -0.15) is 0 Å². The van der Waals surface area contributed by atoms with Crippen LogP contribution in [-0.2, 0) is 11.3 Å². The minimum atomic E-state index is -0.680. The number of carbonyl (C=O) groups is 1. The molecule has 0 fully saturated rings. The molecule has 2 aromatic heterocycles. The van der Waals surface area contributed by atoms with Gasteiger partial charge < -0.3 is 14.6 Å². The maximum Gasteiger partial charge on any atom is 0.271 e. The molecule has 1 unspecified atom stereocenters. The summed E-state index contributed by atoms with van der Waals surface area (Å²) >= 11 is 1.34. The van der Waals surface area contributed by atoms with Crippen molar-refractivity contribution in [1.29, 1.82) is 0 Å². The van der Waals surface area contributed by atoms with E-state index in [1.54, 1.807) is 11.7 Å². The maximum atomic E-state index is 14.4. The van der Waals surface area contributed by atoms with Crippen LogP contribution in [0.25, 0.3) is 27.8 Å². The zero-order valence-electron chi connectivity index (χ0n) is 27.0. The lowest BCUT2D eigenvalue weighted by Gasteiger charge is -2.25. The number of anilines is 1. The molecule has 8 heteroatoms. The number of para-hydroxylation sites is 2. The minimum Gasteiger partial charge on any atom is -0.497 e. The number of aromatic nitrogens is 2. The molecular weight excluding hydrogens is 629 g/mol. The van der Waals surface area contributed by atoms with Crippen molar-refractivity contribution in [1.82, 2.24) is 9.13 Å². The largest absolute Gasteiger partial charge is 0.497 e. The quantitative estimate of drug-likeness (QED) is 0.199. The summed E-state index contributed by atoms with van der Waals surface area (Å²) in [5, 5.41) is 6.49. The lowest BCUT2D eigenvalue weighted by atomic mass is 9.95. The number of allylic oxidation sites excluding steroid dienone is 1. The number of rotatable bonds is 7. The molecule has 0 saturated carbocycles. The zero-order chi connectivity index (χ0) is 33.5. The number of hydrogen-bond donors (Lipinski definition) is 1. The van der Waals surface area contributed by atoms with Crippen LogP contribution < -0.4 is 24.9 Å². The van der Waals surface area contributed by atoms with Crippen LogP contribution in [0.1, 0.15) is 29.7 Å². The number of nitrogens with one attached hydrogen (secondary N) is 1. The molecule has 0 spiro atoms. The Morgan fingerprint density at radius 3 is 2.39 bits per heavy atom.